The molecular formula is C19H16Cl2N2O2. The number of carbonyl (C=O) groups excluding carboxylic acids is 1. The first kappa shape index (κ1) is 16.4. The summed E-state index contributed by atoms with van der Waals surface area (Å²) in [5.74, 6) is -0.198. The van der Waals surface area contributed by atoms with E-state index in [9.17, 15) is 4.79 Å². The Morgan fingerprint density at radius 2 is 1.80 bits per heavy atom. The molecule has 0 N–H and O–H groups in total. The minimum absolute atomic E-state index is 0.146. The number of imidazole rings is 1. The smallest absolute Gasteiger partial charge is 0.316 e. The number of halogens is 2. The molecule has 6 heteroatoms. The third kappa shape index (κ3) is 3.00. The Morgan fingerprint density at radius 1 is 1.08 bits per heavy atom. The van der Waals surface area contributed by atoms with Crippen LogP contribution in [0.15, 0.2) is 48.8 Å². The molecule has 2 heterocycles. The second kappa shape index (κ2) is 6.36. The lowest BCUT2D eigenvalue weighted by Gasteiger charge is -2.39. The summed E-state index contributed by atoms with van der Waals surface area (Å²) in [6.45, 7) is 0.146. The normalized spacial score (nSPS) is 15.8. The van der Waals surface area contributed by atoms with Crippen LogP contribution in [-0.4, -0.2) is 15.4 Å². The molecule has 0 unspecified atom stereocenters. The summed E-state index contributed by atoms with van der Waals surface area (Å²) in [6, 6.07) is 11.1. The molecule has 4 nitrogen and oxygen atoms in total. The Balaban J connectivity index is 1.51. The number of rotatable bonds is 4. The number of fused-ring (bicyclic) bond motifs is 1. The maximum atomic E-state index is 12.8. The van der Waals surface area contributed by atoms with Crippen LogP contribution in [0.1, 0.15) is 30.5 Å². The van der Waals surface area contributed by atoms with E-state index < -0.39 is 5.41 Å². The van der Waals surface area contributed by atoms with Gasteiger partial charge in [0.05, 0.1) is 16.1 Å². The van der Waals surface area contributed by atoms with Crippen LogP contribution in [0.4, 0.5) is 0 Å². The molecule has 1 aliphatic rings. The van der Waals surface area contributed by atoms with Crippen LogP contribution in [0.25, 0.3) is 5.65 Å². The highest BCUT2D eigenvalue weighted by molar-refractivity contribution is 6.30. The minimum atomic E-state index is -0.549. The number of hydrogen-bond acceptors (Lipinski definition) is 3. The van der Waals surface area contributed by atoms with E-state index in [-0.39, 0.29) is 12.6 Å². The highest BCUT2D eigenvalue weighted by Crippen LogP contribution is 2.45. The second-order valence-corrected chi connectivity index (χ2v) is 7.24. The van der Waals surface area contributed by atoms with Gasteiger partial charge in [0.1, 0.15) is 12.3 Å². The van der Waals surface area contributed by atoms with Crippen molar-refractivity contribution in [1.29, 1.82) is 0 Å². The summed E-state index contributed by atoms with van der Waals surface area (Å²) in [4.78, 5) is 17.2. The average Bonchev–Trinajstić information content (AvgIpc) is 2.95. The molecule has 1 fully saturated rings. The van der Waals surface area contributed by atoms with Gasteiger partial charge in [-0.3, -0.25) is 4.79 Å². The topological polar surface area (TPSA) is 43.6 Å². The molecule has 2 aromatic heterocycles. The van der Waals surface area contributed by atoms with E-state index in [1.54, 1.807) is 12.3 Å². The van der Waals surface area contributed by atoms with E-state index in [2.05, 4.69) is 4.98 Å². The van der Waals surface area contributed by atoms with Gasteiger partial charge in [-0.05, 0) is 42.7 Å². The molecule has 3 aromatic rings. The molecule has 1 saturated carbocycles. The summed E-state index contributed by atoms with van der Waals surface area (Å²) in [6.07, 6.45) is 6.22. The van der Waals surface area contributed by atoms with Gasteiger partial charge in [0, 0.05) is 17.4 Å². The van der Waals surface area contributed by atoms with Crippen molar-refractivity contribution in [3.05, 3.63) is 70.1 Å². The largest absolute Gasteiger partial charge is 0.458 e. The van der Waals surface area contributed by atoms with E-state index in [1.807, 2.05) is 40.9 Å². The van der Waals surface area contributed by atoms with Crippen LogP contribution in [0.2, 0.25) is 10.0 Å². The van der Waals surface area contributed by atoms with Crippen LogP contribution >= 0.6 is 23.2 Å². The average molecular weight is 375 g/mol. The van der Waals surface area contributed by atoms with E-state index in [0.29, 0.717) is 15.7 Å². The van der Waals surface area contributed by atoms with E-state index in [1.165, 1.54) is 0 Å². The number of esters is 1. The predicted molar refractivity (Wildman–Crippen MR) is 97.0 cm³/mol. The second-order valence-electron chi connectivity index (χ2n) is 6.36. The van der Waals surface area contributed by atoms with Crippen molar-refractivity contribution in [2.24, 2.45) is 0 Å². The Kier molecular flexibility index (Phi) is 4.18. The monoisotopic (exact) mass is 374 g/mol. The number of carbonyl (C=O) groups is 1. The zero-order valence-corrected chi connectivity index (χ0v) is 14.9. The molecule has 4 rings (SSSR count). The van der Waals surface area contributed by atoms with Gasteiger partial charge in [-0.15, -0.1) is 0 Å². The van der Waals surface area contributed by atoms with Crippen molar-refractivity contribution >= 4 is 34.8 Å². The van der Waals surface area contributed by atoms with Crippen LogP contribution < -0.4 is 0 Å². The fourth-order valence-corrected chi connectivity index (χ4v) is 3.57. The highest BCUT2D eigenvalue weighted by atomic mass is 35.5. The molecule has 0 radical (unpaired) electrons. The summed E-state index contributed by atoms with van der Waals surface area (Å²) in [7, 11) is 0. The van der Waals surface area contributed by atoms with Gasteiger partial charge in [0.15, 0.2) is 0 Å². The molecule has 25 heavy (non-hydrogen) atoms. The van der Waals surface area contributed by atoms with E-state index in [4.69, 9.17) is 27.9 Å². The predicted octanol–water partition coefficient (Wildman–Crippen LogP) is 4.81. The number of hydrogen-bond donors (Lipinski definition) is 0. The molecule has 1 aliphatic carbocycles. The maximum Gasteiger partial charge on any atom is 0.316 e. The fourth-order valence-electron chi connectivity index (χ4n) is 3.27. The van der Waals surface area contributed by atoms with Gasteiger partial charge < -0.3 is 9.14 Å². The number of pyridine rings is 1. The van der Waals surface area contributed by atoms with Crippen molar-refractivity contribution < 1.29 is 9.53 Å². The molecule has 0 spiro atoms. The summed E-state index contributed by atoms with van der Waals surface area (Å²) in [5.41, 5.74) is 1.88. The zero-order valence-electron chi connectivity index (χ0n) is 13.4. The van der Waals surface area contributed by atoms with Gasteiger partial charge in [-0.25, -0.2) is 4.98 Å². The fraction of sp³-hybridized carbons (Fsp3) is 0.263. The first-order valence-electron chi connectivity index (χ1n) is 8.13. The Bertz CT molecular complexity index is 930. The van der Waals surface area contributed by atoms with Gasteiger partial charge in [-0.2, -0.15) is 0 Å². The van der Waals surface area contributed by atoms with Crippen LogP contribution in [0.3, 0.4) is 0 Å². The lowest BCUT2D eigenvalue weighted by molar-refractivity contribution is -0.156. The van der Waals surface area contributed by atoms with Crippen LogP contribution in [-0.2, 0) is 21.6 Å². The van der Waals surface area contributed by atoms with Crippen molar-refractivity contribution in [2.75, 3.05) is 0 Å². The standard InChI is InChI=1S/C19H16Cl2N2O2/c20-14-4-2-13(3-5-14)19(8-1-9-19)18(24)25-12-16-11-23-10-15(21)6-7-17(23)22-16/h2-7,10-11H,1,8-9,12H2. The molecule has 1 aromatic carbocycles. The van der Waals surface area contributed by atoms with Gasteiger partial charge in [0.25, 0.3) is 0 Å². The lowest BCUT2D eigenvalue weighted by Crippen LogP contribution is -2.43. The third-order valence-electron chi connectivity index (χ3n) is 4.81. The Morgan fingerprint density at radius 3 is 2.48 bits per heavy atom. The quantitative estimate of drug-likeness (QED) is 0.615. The van der Waals surface area contributed by atoms with Crippen LogP contribution in [0, 0.1) is 0 Å². The van der Waals surface area contributed by atoms with Gasteiger partial charge in [-0.1, -0.05) is 41.8 Å². The minimum Gasteiger partial charge on any atom is -0.458 e. The van der Waals surface area contributed by atoms with E-state index >= 15 is 0 Å². The molecule has 0 saturated heterocycles. The third-order valence-corrected chi connectivity index (χ3v) is 5.29. The molecule has 0 amide bonds. The number of nitrogens with zero attached hydrogens (tertiary/aromatic N) is 2. The first-order chi connectivity index (χ1) is 12.1. The Labute approximate surface area is 155 Å². The Hall–Kier alpha value is -2.04. The number of ether oxygens (including phenoxy) is 1. The first-order valence-corrected chi connectivity index (χ1v) is 8.89. The van der Waals surface area contributed by atoms with Crippen molar-refractivity contribution in [3.63, 3.8) is 0 Å². The number of benzene rings is 1. The summed E-state index contributed by atoms with van der Waals surface area (Å²) < 4.78 is 7.42. The highest BCUT2D eigenvalue weighted by Gasteiger charge is 2.47. The van der Waals surface area contributed by atoms with Crippen molar-refractivity contribution in [3.8, 4) is 0 Å². The van der Waals surface area contributed by atoms with Crippen molar-refractivity contribution in [2.45, 2.75) is 31.3 Å². The molecule has 0 atom stereocenters. The van der Waals surface area contributed by atoms with Crippen molar-refractivity contribution in [1.82, 2.24) is 9.38 Å². The lowest BCUT2D eigenvalue weighted by atomic mass is 9.64. The molecule has 128 valence electrons. The molecule has 0 bridgehead atoms. The number of aromatic nitrogens is 2. The van der Waals surface area contributed by atoms with E-state index in [0.717, 1.165) is 30.5 Å². The summed E-state index contributed by atoms with van der Waals surface area (Å²) in [5, 5.41) is 1.29. The maximum absolute atomic E-state index is 12.8. The molecule has 0 aliphatic heterocycles. The SMILES string of the molecule is O=C(OCc1cn2cc(Cl)ccc2n1)C1(c2ccc(Cl)cc2)CCC1. The summed E-state index contributed by atoms with van der Waals surface area (Å²) >= 11 is 11.9. The zero-order chi connectivity index (χ0) is 17.4. The molecular weight excluding hydrogens is 359 g/mol. The van der Waals surface area contributed by atoms with Gasteiger partial charge in [0.2, 0.25) is 0 Å². The van der Waals surface area contributed by atoms with Gasteiger partial charge >= 0.3 is 5.97 Å². The van der Waals surface area contributed by atoms with Crippen LogP contribution in [0.5, 0.6) is 0 Å².